The van der Waals surface area contributed by atoms with Gasteiger partial charge in [-0.05, 0) is 13.1 Å². The van der Waals surface area contributed by atoms with Gasteiger partial charge >= 0.3 is 0 Å². The molecule has 1 aliphatic rings. The second kappa shape index (κ2) is 6.81. The number of likely N-dealkylation sites (N-methyl/N-ethyl adjacent to an activating group) is 1. The van der Waals surface area contributed by atoms with Gasteiger partial charge in [0.05, 0.1) is 21.3 Å². The van der Waals surface area contributed by atoms with Gasteiger partial charge in [-0.1, -0.05) is 6.07 Å². The maximum atomic E-state index is 8.28. The standard InChI is InChI=1S/C15H24N2O3/c1-16-7-9-17(10-8-16)11-12-5-6-13(18-2)15(20-4)14(12)19-3/h5-6H,7-11H2,1-4H3/i7D2,8D2,9D2,10D2. The van der Waals surface area contributed by atoms with E-state index in [4.69, 9.17) is 25.2 Å². The fraction of sp³-hybridized carbons (Fsp3) is 0.600. The fourth-order valence-corrected chi connectivity index (χ4v) is 1.86. The van der Waals surface area contributed by atoms with Gasteiger partial charge in [0.25, 0.3) is 0 Å². The van der Waals surface area contributed by atoms with Crippen molar-refractivity contribution in [2.75, 3.05) is 54.4 Å². The van der Waals surface area contributed by atoms with E-state index >= 15 is 0 Å². The van der Waals surface area contributed by atoms with Gasteiger partial charge < -0.3 is 19.1 Å². The molecule has 0 aliphatic carbocycles. The highest BCUT2D eigenvalue weighted by Crippen LogP contribution is 2.40. The third kappa shape index (κ3) is 3.16. The minimum Gasteiger partial charge on any atom is -0.493 e. The van der Waals surface area contributed by atoms with E-state index in [9.17, 15) is 0 Å². The van der Waals surface area contributed by atoms with Crippen LogP contribution in [0.1, 0.15) is 16.5 Å². The van der Waals surface area contributed by atoms with E-state index in [1.165, 1.54) is 33.5 Å². The molecule has 0 radical (unpaired) electrons. The largest absolute Gasteiger partial charge is 0.493 e. The first-order valence-electron chi connectivity index (χ1n) is 10.0. The third-order valence-corrected chi connectivity index (χ3v) is 2.82. The summed E-state index contributed by atoms with van der Waals surface area (Å²) in [6.07, 6.45) is 0. The summed E-state index contributed by atoms with van der Waals surface area (Å²) in [5, 5.41) is 0. The van der Waals surface area contributed by atoms with Crippen LogP contribution in [0.15, 0.2) is 12.1 Å². The van der Waals surface area contributed by atoms with Crippen molar-refractivity contribution in [3.8, 4) is 17.2 Å². The maximum Gasteiger partial charge on any atom is 0.203 e. The highest BCUT2D eigenvalue weighted by atomic mass is 16.5. The predicted octanol–water partition coefficient (Wildman–Crippen LogP) is 1.46. The zero-order chi connectivity index (χ0) is 21.7. The lowest BCUT2D eigenvalue weighted by atomic mass is 10.1. The minimum atomic E-state index is -2.87. The molecule has 1 aromatic rings. The summed E-state index contributed by atoms with van der Waals surface area (Å²) in [5.74, 6) is 0.718. The van der Waals surface area contributed by atoms with E-state index in [-0.39, 0.29) is 17.1 Å². The van der Waals surface area contributed by atoms with Gasteiger partial charge in [0.15, 0.2) is 11.5 Å². The molecule has 20 heavy (non-hydrogen) atoms. The normalized spacial score (nSPS) is 33.0. The van der Waals surface area contributed by atoms with Crippen LogP contribution in [0.2, 0.25) is 0 Å². The fourth-order valence-electron chi connectivity index (χ4n) is 1.86. The van der Waals surface area contributed by atoms with E-state index in [1.54, 1.807) is 0 Å². The molecule has 1 heterocycles. The van der Waals surface area contributed by atoms with Crippen molar-refractivity contribution in [2.24, 2.45) is 0 Å². The molecule has 0 unspecified atom stereocenters. The Labute approximate surface area is 132 Å². The molecular formula is C15H24N2O3. The number of hydrogen-bond donors (Lipinski definition) is 0. The van der Waals surface area contributed by atoms with Crippen LogP contribution in [-0.4, -0.2) is 64.2 Å². The molecule has 112 valence electrons. The Bertz CT molecular complexity index is 716. The van der Waals surface area contributed by atoms with Gasteiger partial charge in [-0.25, -0.2) is 0 Å². The molecule has 0 N–H and O–H groups in total. The molecule has 0 atom stereocenters. The van der Waals surface area contributed by atoms with Gasteiger partial charge in [0.2, 0.25) is 5.75 Å². The monoisotopic (exact) mass is 288 g/mol. The Morgan fingerprint density at radius 3 is 2.20 bits per heavy atom. The number of rotatable bonds is 5. The van der Waals surface area contributed by atoms with Crippen molar-refractivity contribution < 1.29 is 25.2 Å². The van der Waals surface area contributed by atoms with Crippen LogP contribution < -0.4 is 14.2 Å². The van der Waals surface area contributed by atoms with E-state index < -0.39 is 32.5 Å². The lowest BCUT2D eigenvalue weighted by molar-refractivity contribution is 0.147. The molecule has 1 fully saturated rings. The SMILES string of the molecule is [2H]C1([2H])N(C)C([2H])([2H])C([2H])([2H])N(Cc2ccc(OC)c(OC)c2OC)C1([2H])[2H]. The number of methoxy groups -OCH3 is 3. The van der Waals surface area contributed by atoms with Crippen molar-refractivity contribution in [2.45, 2.75) is 6.54 Å². The Morgan fingerprint density at radius 2 is 1.65 bits per heavy atom. The molecule has 0 saturated carbocycles. The molecule has 0 aromatic heterocycles. The van der Waals surface area contributed by atoms with Gasteiger partial charge in [-0.2, -0.15) is 0 Å². The van der Waals surface area contributed by atoms with Gasteiger partial charge in [-0.15, -0.1) is 0 Å². The summed E-state index contributed by atoms with van der Waals surface area (Å²) in [6.45, 7) is -11.8. The van der Waals surface area contributed by atoms with E-state index in [0.29, 0.717) is 15.5 Å². The summed E-state index contributed by atoms with van der Waals surface area (Å²) < 4.78 is 81.3. The maximum absolute atomic E-state index is 8.28. The van der Waals surface area contributed by atoms with Crippen molar-refractivity contribution >= 4 is 0 Å². The molecule has 1 aromatic carbocycles. The zero-order valence-corrected chi connectivity index (χ0v) is 12.0. The number of hydrogen-bond acceptors (Lipinski definition) is 5. The molecule has 5 heteroatoms. The van der Waals surface area contributed by atoms with Crippen LogP contribution in [0.4, 0.5) is 0 Å². The molecule has 2 rings (SSSR count). The highest BCUT2D eigenvalue weighted by Gasteiger charge is 2.19. The van der Waals surface area contributed by atoms with Gasteiger partial charge in [-0.3, -0.25) is 4.90 Å². The first kappa shape index (κ1) is 7.52. The number of ether oxygens (including phenoxy) is 3. The Kier molecular flexibility index (Phi) is 2.56. The average molecular weight is 288 g/mol. The van der Waals surface area contributed by atoms with Crippen molar-refractivity contribution in [3.05, 3.63) is 17.7 Å². The van der Waals surface area contributed by atoms with Crippen molar-refractivity contribution in [1.29, 1.82) is 0 Å². The zero-order valence-electron chi connectivity index (χ0n) is 20.0. The van der Waals surface area contributed by atoms with Gasteiger partial charge in [0, 0.05) is 49.1 Å². The molecule has 0 amide bonds. The van der Waals surface area contributed by atoms with Crippen molar-refractivity contribution in [3.63, 3.8) is 0 Å². The molecule has 0 bridgehead atoms. The number of benzene rings is 1. The van der Waals surface area contributed by atoms with Crippen LogP contribution in [0.3, 0.4) is 0 Å². The summed E-state index contributed by atoms with van der Waals surface area (Å²) in [5.41, 5.74) is 0.282. The second-order valence-electron chi connectivity index (χ2n) is 4.09. The Hall–Kier alpha value is -1.46. The topological polar surface area (TPSA) is 34.2 Å². The number of piperazine rings is 1. The predicted molar refractivity (Wildman–Crippen MR) is 78.9 cm³/mol. The van der Waals surface area contributed by atoms with Crippen molar-refractivity contribution in [1.82, 2.24) is 9.80 Å². The van der Waals surface area contributed by atoms with Crippen LogP contribution in [0, 0.1) is 0 Å². The quantitative estimate of drug-likeness (QED) is 0.819. The smallest absolute Gasteiger partial charge is 0.203 e. The second-order valence-corrected chi connectivity index (χ2v) is 4.09. The lowest BCUT2D eigenvalue weighted by Gasteiger charge is -2.32. The summed E-state index contributed by atoms with van der Waals surface area (Å²) >= 11 is 0. The van der Waals surface area contributed by atoms with Crippen LogP contribution in [-0.2, 0) is 6.54 Å². The van der Waals surface area contributed by atoms with Crippen LogP contribution in [0.25, 0.3) is 0 Å². The minimum absolute atomic E-state index is 0.161. The Balaban J connectivity index is 2.64. The molecule has 0 spiro atoms. The summed E-state index contributed by atoms with van der Waals surface area (Å²) in [7, 11) is 5.18. The first-order valence-corrected chi connectivity index (χ1v) is 6.01. The molecule has 1 saturated heterocycles. The van der Waals surface area contributed by atoms with E-state index in [1.807, 2.05) is 0 Å². The summed E-state index contributed by atoms with van der Waals surface area (Å²) in [4.78, 5) is 0.978. The summed E-state index contributed by atoms with van der Waals surface area (Å²) in [6, 6.07) is 3.04. The highest BCUT2D eigenvalue weighted by molar-refractivity contribution is 5.55. The number of nitrogens with zero attached hydrogens (tertiary/aromatic N) is 2. The van der Waals surface area contributed by atoms with E-state index in [2.05, 4.69) is 0 Å². The Morgan fingerprint density at radius 1 is 1.00 bits per heavy atom. The van der Waals surface area contributed by atoms with E-state index in [0.717, 1.165) is 7.05 Å². The van der Waals surface area contributed by atoms with Crippen LogP contribution >= 0.6 is 0 Å². The molecule has 5 nitrogen and oxygen atoms in total. The average Bonchev–Trinajstić information content (AvgIpc) is 2.62. The third-order valence-electron chi connectivity index (χ3n) is 2.82. The molecule has 1 aliphatic heterocycles. The first-order chi connectivity index (χ1) is 12.7. The van der Waals surface area contributed by atoms with Crippen LogP contribution in [0.5, 0.6) is 17.2 Å². The lowest BCUT2D eigenvalue weighted by Crippen LogP contribution is -2.43. The van der Waals surface area contributed by atoms with Gasteiger partial charge in [0.1, 0.15) is 0 Å². The molecular weight excluding hydrogens is 256 g/mol.